The molecule has 0 saturated carbocycles. The third-order valence-corrected chi connectivity index (χ3v) is 2.20. The van der Waals surface area contributed by atoms with Crippen molar-refractivity contribution < 1.29 is 9.90 Å². The molecule has 0 saturated heterocycles. The summed E-state index contributed by atoms with van der Waals surface area (Å²) >= 11 is 0. The molecular weight excluding hydrogens is 178 g/mol. The fraction of sp³-hybridized carbons (Fsp3) is 0.818. The van der Waals surface area contributed by atoms with Gasteiger partial charge in [0.1, 0.15) is 0 Å². The SMILES string of the molecule is [CH2]CCCCCCCCCNC(=O)O. The zero-order chi connectivity index (χ0) is 10.6. The first kappa shape index (κ1) is 13.3. The zero-order valence-electron chi connectivity index (χ0n) is 8.93. The molecule has 3 heteroatoms. The van der Waals surface area contributed by atoms with Crippen LogP contribution in [0.15, 0.2) is 0 Å². The van der Waals surface area contributed by atoms with Gasteiger partial charge in [0.25, 0.3) is 0 Å². The molecule has 2 N–H and O–H groups in total. The highest BCUT2D eigenvalue weighted by atomic mass is 16.4. The van der Waals surface area contributed by atoms with Crippen LogP contribution in [0.3, 0.4) is 0 Å². The third kappa shape index (κ3) is 11.3. The van der Waals surface area contributed by atoms with Crippen molar-refractivity contribution in [2.75, 3.05) is 6.54 Å². The average Bonchev–Trinajstić information content (AvgIpc) is 2.15. The second-order valence-corrected chi connectivity index (χ2v) is 3.56. The molecule has 3 nitrogen and oxygen atoms in total. The maximum atomic E-state index is 10.1. The van der Waals surface area contributed by atoms with Gasteiger partial charge in [0, 0.05) is 6.54 Å². The van der Waals surface area contributed by atoms with E-state index in [9.17, 15) is 4.79 Å². The molecule has 0 heterocycles. The van der Waals surface area contributed by atoms with Crippen LogP contribution >= 0.6 is 0 Å². The van der Waals surface area contributed by atoms with Gasteiger partial charge in [-0.3, -0.25) is 0 Å². The van der Waals surface area contributed by atoms with Gasteiger partial charge in [0.2, 0.25) is 0 Å². The van der Waals surface area contributed by atoms with Crippen LogP contribution in [0.25, 0.3) is 0 Å². The van der Waals surface area contributed by atoms with E-state index in [1.807, 2.05) is 0 Å². The summed E-state index contributed by atoms with van der Waals surface area (Å²) in [6, 6.07) is 0. The number of hydrogen-bond acceptors (Lipinski definition) is 1. The summed E-state index contributed by atoms with van der Waals surface area (Å²) < 4.78 is 0. The molecule has 0 aromatic rings. The zero-order valence-corrected chi connectivity index (χ0v) is 8.93. The molecule has 0 aromatic carbocycles. The lowest BCUT2D eigenvalue weighted by Crippen LogP contribution is -2.21. The number of carbonyl (C=O) groups is 1. The fourth-order valence-corrected chi connectivity index (χ4v) is 1.38. The number of rotatable bonds is 9. The van der Waals surface area contributed by atoms with Crippen molar-refractivity contribution in [2.45, 2.75) is 51.4 Å². The van der Waals surface area contributed by atoms with Gasteiger partial charge in [-0.25, -0.2) is 4.79 Å². The van der Waals surface area contributed by atoms with Crippen molar-refractivity contribution in [3.8, 4) is 0 Å². The van der Waals surface area contributed by atoms with E-state index < -0.39 is 6.09 Å². The van der Waals surface area contributed by atoms with Crippen LogP contribution in [0, 0.1) is 6.92 Å². The van der Waals surface area contributed by atoms with Crippen LogP contribution in [0.5, 0.6) is 0 Å². The largest absolute Gasteiger partial charge is 0.465 e. The second-order valence-electron chi connectivity index (χ2n) is 3.56. The summed E-state index contributed by atoms with van der Waals surface area (Å²) in [5.74, 6) is 0. The Kier molecular flexibility index (Phi) is 9.81. The summed E-state index contributed by atoms with van der Waals surface area (Å²) in [4.78, 5) is 10.1. The topological polar surface area (TPSA) is 49.3 Å². The number of nitrogens with one attached hydrogen (secondary N) is 1. The predicted octanol–water partition coefficient (Wildman–Crippen LogP) is 3.21. The molecule has 0 aliphatic rings. The standard InChI is InChI=1S/C11H22NO2/c1-2-3-4-5-6-7-8-9-10-12-11(13)14/h12H,1-10H2,(H,13,14). The number of amides is 1. The van der Waals surface area contributed by atoms with Crippen LogP contribution in [-0.2, 0) is 0 Å². The summed E-state index contributed by atoms with van der Waals surface area (Å²) in [5, 5.41) is 10.7. The lowest BCUT2D eigenvalue weighted by Gasteiger charge is -2.01. The molecule has 0 unspecified atom stereocenters. The van der Waals surface area contributed by atoms with E-state index in [-0.39, 0.29) is 0 Å². The molecule has 0 bridgehead atoms. The highest BCUT2D eigenvalue weighted by molar-refractivity contribution is 5.64. The minimum absolute atomic E-state index is 0.591. The monoisotopic (exact) mass is 200 g/mol. The van der Waals surface area contributed by atoms with E-state index in [2.05, 4.69) is 12.2 Å². The Morgan fingerprint density at radius 1 is 1.00 bits per heavy atom. The summed E-state index contributed by atoms with van der Waals surface area (Å²) in [6.07, 6.45) is 8.53. The Bertz CT molecular complexity index is 137. The Labute approximate surface area is 86.9 Å². The Hall–Kier alpha value is -0.730. The molecule has 0 atom stereocenters. The van der Waals surface area contributed by atoms with Crippen molar-refractivity contribution in [3.63, 3.8) is 0 Å². The molecule has 83 valence electrons. The molecule has 1 radical (unpaired) electrons. The van der Waals surface area contributed by atoms with Gasteiger partial charge in [0.05, 0.1) is 0 Å². The van der Waals surface area contributed by atoms with Gasteiger partial charge in [-0.05, 0) is 6.42 Å². The molecular formula is C11H22NO2. The van der Waals surface area contributed by atoms with Crippen LogP contribution in [0.1, 0.15) is 51.4 Å². The van der Waals surface area contributed by atoms with Crippen molar-refractivity contribution in [1.29, 1.82) is 0 Å². The van der Waals surface area contributed by atoms with Gasteiger partial charge in [-0.15, -0.1) is 0 Å². The van der Waals surface area contributed by atoms with Crippen LogP contribution in [0.2, 0.25) is 0 Å². The van der Waals surface area contributed by atoms with Crippen LogP contribution < -0.4 is 5.32 Å². The van der Waals surface area contributed by atoms with Gasteiger partial charge < -0.3 is 10.4 Å². The highest BCUT2D eigenvalue weighted by Gasteiger charge is 1.93. The normalized spacial score (nSPS) is 10.1. The minimum Gasteiger partial charge on any atom is -0.465 e. The van der Waals surface area contributed by atoms with Crippen LogP contribution in [-0.4, -0.2) is 17.7 Å². The van der Waals surface area contributed by atoms with Crippen molar-refractivity contribution >= 4 is 6.09 Å². The Morgan fingerprint density at radius 3 is 2.00 bits per heavy atom. The molecule has 0 aliphatic heterocycles. The average molecular weight is 200 g/mol. The maximum Gasteiger partial charge on any atom is 0.404 e. The van der Waals surface area contributed by atoms with E-state index >= 15 is 0 Å². The lowest BCUT2D eigenvalue weighted by atomic mass is 10.1. The summed E-state index contributed by atoms with van der Waals surface area (Å²) in [5.41, 5.74) is 0. The van der Waals surface area contributed by atoms with Gasteiger partial charge in [-0.1, -0.05) is 51.9 Å². The third-order valence-electron chi connectivity index (χ3n) is 2.20. The molecule has 1 amide bonds. The van der Waals surface area contributed by atoms with E-state index in [1.165, 1.54) is 32.1 Å². The first-order chi connectivity index (χ1) is 6.77. The molecule has 0 aromatic heterocycles. The second kappa shape index (κ2) is 10.4. The molecule has 14 heavy (non-hydrogen) atoms. The van der Waals surface area contributed by atoms with Gasteiger partial charge >= 0.3 is 6.09 Å². The quantitative estimate of drug-likeness (QED) is 0.561. The van der Waals surface area contributed by atoms with Gasteiger partial charge in [0.15, 0.2) is 0 Å². The lowest BCUT2D eigenvalue weighted by molar-refractivity contribution is 0.194. The maximum absolute atomic E-state index is 10.1. The van der Waals surface area contributed by atoms with Gasteiger partial charge in [-0.2, -0.15) is 0 Å². The summed E-state index contributed by atoms with van der Waals surface area (Å²) in [7, 11) is 0. The molecule has 0 rings (SSSR count). The predicted molar refractivity (Wildman–Crippen MR) is 58.3 cm³/mol. The van der Waals surface area contributed by atoms with Crippen molar-refractivity contribution in [1.82, 2.24) is 5.32 Å². The van der Waals surface area contributed by atoms with E-state index in [0.29, 0.717) is 6.54 Å². The van der Waals surface area contributed by atoms with Crippen molar-refractivity contribution in [2.24, 2.45) is 0 Å². The number of unbranched alkanes of at least 4 members (excludes halogenated alkanes) is 7. The number of carboxylic acid groups (broad SMARTS) is 1. The van der Waals surface area contributed by atoms with E-state index in [1.54, 1.807) is 0 Å². The van der Waals surface area contributed by atoms with Crippen LogP contribution in [0.4, 0.5) is 4.79 Å². The summed E-state index contributed by atoms with van der Waals surface area (Å²) in [6.45, 7) is 4.39. The first-order valence-corrected chi connectivity index (χ1v) is 5.53. The van der Waals surface area contributed by atoms with E-state index in [0.717, 1.165) is 19.3 Å². The molecule has 0 fully saturated rings. The molecule has 0 aliphatic carbocycles. The first-order valence-electron chi connectivity index (χ1n) is 5.53. The fourth-order valence-electron chi connectivity index (χ4n) is 1.38. The highest BCUT2D eigenvalue weighted by Crippen LogP contribution is 2.07. The molecule has 0 spiro atoms. The minimum atomic E-state index is -0.916. The van der Waals surface area contributed by atoms with Crippen molar-refractivity contribution in [3.05, 3.63) is 6.92 Å². The Morgan fingerprint density at radius 2 is 1.50 bits per heavy atom. The number of hydrogen-bond donors (Lipinski definition) is 2. The Balaban J connectivity index is 2.88. The van der Waals surface area contributed by atoms with E-state index in [4.69, 9.17) is 5.11 Å². The smallest absolute Gasteiger partial charge is 0.404 e.